The quantitative estimate of drug-likeness (QED) is 0.839. The predicted octanol–water partition coefficient (Wildman–Crippen LogP) is 4.28. The molecule has 1 saturated carbocycles. The summed E-state index contributed by atoms with van der Waals surface area (Å²) in [5, 5.41) is 13.4. The number of carbonyl (C=O) groups is 1. The van der Waals surface area contributed by atoms with Crippen LogP contribution in [0.5, 0.6) is 0 Å². The van der Waals surface area contributed by atoms with Crippen molar-refractivity contribution in [2.24, 2.45) is 0 Å². The van der Waals surface area contributed by atoms with Gasteiger partial charge in [0, 0.05) is 23.4 Å². The van der Waals surface area contributed by atoms with E-state index in [-0.39, 0.29) is 24.0 Å². The Morgan fingerprint density at radius 3 is 2.40 bits per heavy atom. The largest absolute Gasteiger partial charge is 0.393 e. The van der Waals surface area contributed by atoms with Gasteiger partial charge in [0.15, 0.2) is 0 Å². The Hall–Kier alpha value is -1.84. The first kappa shape index (κ1) is 18.0. The number of hydrogen-bond acceptors (Lipinski definition) is 2. The second-order valence-electron chi connectivity index (χ2n) is 6.80. The lowest BCUT2D eigenvalue weighted by molar-refractivity contribution is -0.122. The van der Waals surface area contributed by atoms with Gasteiger partial charge in [0.1, 0.15) is 0 Å². The summed E-state index contributed by atoms with van der Waals surface area (Å²) in [4.78, 5) is 12.6. The molecule has 0 radical (unpaired) electrons. The van der Waals surface area contributed by atoms with Crippen LogP contribution in [-0.4, -0.2) is 23.2 Å². The van der Waals surface area contributed by atoms with E-state index in [1.165, 1.54) is 0 Å². The van der Waals surface area contributed by atoms with Crippen molar-refractivity contribution < 1.29 is 9.90 Å². The van der Waals surface area contributed by atoms with Crippen molar-refractivity contribution >= 4 is 17.5 Å². The number of aliphatic hydroxyl groups excluding tert-OH is 1. The highest BCUT2D eigenvalue weighted by atomic mass is 35.5. The lowest BCUT2D eigenvalue weighted by atomic mass is 9.87. The van der Waals surface area contributed by atoms with Gasteiger partial charge in [-0.3, -0.25) is 4.79 Å². The molecule has 0 aromatic heterocycles. The van der Waals surface area contributed by atoms with Gasteiger partial charge in [0.05, 0.1) is 6.10 Å². The summed E-state index contributed by atoms with van der Waals surface area (Å²) in [6, 6.07) is 18.0. The average molecular weight is 358 g/mol. The lowest BCUT2D eigenvalue weighted by Crippen LogP contribution is -2.39. The first-order valence-corrected chi connectivity index (χ1v) is 9.27. The fraction of sp³-hybridized carbons (Fsp3) is 0.381. The minimum Gasteiger partial charge on any atom is -0.393 e. The zero-order valence-electron chi connectivity index (χ0n) is 14.2. The maximum atomic E-state index is 12.6. The van der Waals surface area contributed by atoms with Gasteiger partial charge in [0.2, 0.25) is 5.91 Å². The molecule has 1 unspecified atom stereocenters. The van der Waals surface area contributed by atoms with Gasteiger partial charge in [0.25, 0.3) is 0 Å². The number of rotatable bonds is 5. The van der Waals surface area contributed by atoms with E-state index in [1.807, 2.05) is 42.5 Å². The smallest absolute Gasteiger partial charge is 0.221 e. The molecule has 3 rings (SSSR count). The Morgan fingerprint density at radius 2 is 1.72 bits per heavy atom. The van der Waals surface area contributed by atoms with Crippen LogP contribution in [0.2, 0.25) is 5.02 Å². The van der Waals surface area contributed by atoms with Crippen molar-refractivity contribution in [1.82, 2.24) is 5.32 Å². The monoisotopic (exact) mass is 357 g/mol. The van der Waals surface area contributed by atoms with Gasteiger partial charge in [-0.25, -0.2) is 0 Å². The fourth-order valence-electron chi connectivity index (χ4n) is 3.53. The maximum absolute atomic E-state index is 12.6. The third kappa shape index (κ3) is 5.07. The van der Waals surface area contributed by atoms with E-state index in [0.29, 0.717) is 11.4 Å². The molecule has 132 valence electrons. The Morgan fingerprint density at radius 1 is 1.04 bits per heavy atom. The summed E-state index contributed by atoms with van der Waals surface area (Å²) in [6.07, 6.45) is 3.41. The molecule has 3 nitrogen and oxygen atoms in total. The number of halogens is 1. The number of aliphatic hydroxyl groups is 1. The van der Waals surface area contributed by atoms with Gasteiger partial charge in [-0.1, -0.05) is 54.1 Å². The van der Waals surface area contributed by atoms with Gasteiger partial charge in [-0.05, 0) is 48.9 Å². The second kappa shape index (κ2) is 8.50. The van der Waals surface area contributed by atoms with Crippen LogP contribution in [0.15, 0.2) is 54.6 Å². The summed E-state index contributed by atoms with van der Waals surface area (Å²) in [5.74, 6) is 0.0318. The Balaban J connectivity index is 1.72. The van der Waals surface area contributed by atoms with E-state index in [2.05, 4.69) is 17.4 Å². The molecular weight excluding hydrogens is 334 g/mol. The molecular formula is C21H24ClNO2. The summed E-state index contributed by atoms with van der Waals surface area (Å²) >= 11 is 6.16. The van der Waals surface area contributed by atoms with Crippen LogP contribution in [0.3, 0.4) is 0 Å². The Labute approximate surface area is 154 Å². The first-order valence-electron chi connectivity index (χ1n) is 8.89. The fourth-order valence-corrected chi connectivity index (χ4v) is 3.73. The van der Waals surface area contributed by atoms with Crippen molar-refractivity contribution in [3.63, 3.8) is 0 Å². The van der Waals surface area contributed by atoms with Crippen LogP contribution in [0.25, 0.3) is 0 Å². The van der Waals surface area contributed by atoms with Gasteiger partial charge in [-0.2, -0.15) is 0 Å². The molecule has 2 aromatic carbocycles. The van der Waals surface area contributed by atoms with Crippen molar-refractivity contribution in [1.29, 1.82) is 0 Å². The average Bonchev–Trinajstić information content (AvgIpc) is 2.62. The second-order valence-corrected chi connectivity index (χ2v) is 7.23. The van der Waals surface area contributed by atoms with E-state index >= 15 is 0 Å². The van der Waals surface area contributed by atoms with E-state index < -0.39 is 0 Å². The number of nitrogens with one attached hydrogen (secondary N) is 1. The van der Waals surface area contributed by atoms with Crippen LogP contribution in [-0.2, 0) is 4.79 Å². The molecule has 0 spiro atoms. The molecule has 1 fully saturated rings. The summed E-state index contributed by atoms with van der Waals surface area (Å²) in [5.41, 5.74) is 2.16. The van der Waals surface area contributed by atoms with Gasteiger partial charge in [-0.15, -0.1) is 0 Å². The maximum Gasteiger partial charge on any atom is 0.221 e. The molecule has 1 aliphatic rings. The number of amides is 1. The van der Waals surface area contributed by atoms with Crippen LogP contribution in [0, 0.1) is 0 Å². The number of carbonyl (C=O) groups excluding carboxylic acids is 1. The third-order valence-electron chi connectivity index (χ3n) is 4.90. The molecule has 2 N–H and O–H groups in total. The predicted molar refractivity (Wildman–Crippen MR) is 101 cm³/mol. The number of benzene rings is 2. The lowest BCUT2D eigenvalue weighted by Gasteiger charge is -2.27. The van der Waals surface area contributed by atoms with Crippen LogP contribution in [0.4, 0.5) is 0 Å². The third-order valence-corrected chi connectivity index (χ3v) is 5.14. The molecule has 1 amide bonds. The minimum atomic E-state index is -0.211. The molecule has 0 heterocycles. The normalized spacial score (nSPS) is 21.5. The minimum absolute atomic E-state index is 0.0194. The molecule has 2 aromatic rings. The molecule has 25 heavy (non-hydrogen) atoms. The van der Waals surface area contributed by atoms with E-state index in [4.69, 9.17) is 11.6 Å². The summed E-state index contributed by atoms with van der Waals surface area (Å²) in [7, 11) is 0. The number of hydrogen-bond donors (Lipinski definition) is 2. The zero-order chi connectivity index (χ0) is 17.6. The molecule has 1 atom stereocenters. The van der Waals surface area contributed by atoms with E-state index in [1.54, 1.807) is 0 Å². The summed E-state index contributed by atoms with van der Waals surface area (Å²) in [6.45, 7) is 0. The molecule has 0 saturated heterocycles. The Kier molecular flexibility index (Phi) is 6.11. The van der Waals surface area contributed by atoms with Crippen LogP contribution >= 0.6 is 11.6 Å². The van der Waals surface area contributed by atoms with Crippen LogP contribution in [0.1, 0.15) is 49.1 Å². The molecule has 0 aliphatic heterocycles. The van der Waals surface area contributed by atoms with Crippen LogP contribution < -0.4 is 5.32 Å². The van der Waals surface area contributed by atoms with E-state index in [9.17, 15) is 9.90 Å². The zero-order valence-corrected chi connectivity index (χ0v) is 15.0. The van der Waals surface area contributed by atoms with Crippen molar-refractivity contribution in [2.45, 2.75) is 50.2 Å². The molecule has 4 heteroatoms. The van der Waals surface area contributed by atoms with Crippen molar-refractivity contribution in [2.75, 3.05) is 0 Å². The highest BCUT2D eigenvalue weighted by molar-refractivity contribution is 6.30. The topological polar surface area (TPSA) is 49.3 Å². The highest BCUT2D eigenvalue weighted by Gasteiger charge is 2.23. The van der Waals surface area contributed by atoms with E-state index in [0.717, 1.165) is 36.8 Å². The Bertz CT molecular complexity index is 696. The molecule has 1 aliphatic carbocycles. The van der Waals surface area contributed by atoms with Gasteiger partial charge >= 0.3 is 0 Å². The van der Waals surface area contributed by atoms with Gasteiger partial charge < -0.3 is 10.4 Å². The first-order chi connectivity index (χ1) is 12.1. The SMILES string of the molecule is O=C(CC(c1ccccc1)c1cccc(Cl)c1)NC1CCC(O)CC1. The van der Waals surface area contributed by atoms with Crippen molar-refractivity contribution in [3.8, 4) is 0 Å². The standard InChI is InChI=1S/C21H24ClNO2/c22-17-8-4-7-16(13-17)20(15-5-2-1-3-6-15)14-21(25)23-18-9-11-19(24)12-10-18/h1-8,13,18-20,24H,9-12,14H2,(H,23,25). The highest BCUT2D eigenvalue weighted by Crippen LogP contribution is 2.30. The summed E-state index contributed by atoms with van der Waals surface area (Å²) < 4.78 is 0. The van der Waals surface area contributed by atoms with Crippen molar-refractivity contribution in [3.05, 3.63) is 70.7 Å². The molecule has 0 bridgehead atoms.